The number of rotatable bonds is 5. The summed E-state index contributed by atoms with van der Waals surface area (Å²) in [7, 11) is 0. The molecule has 220 valence electrons. The van der Waals surface area contributed by atoms with Crippen LogP contribution in [0.15, 0.2) is 165 Å². The van der Waals surface area contributed by atoms with E-state index in [2.05, 4.69) is 128 Å². The van der Waals surface area contributed by atoms with Gasteiger partial charge in [-0.05, 0) is 118 Å². The van der Waals surface area contributed by atoms with E-state index >= 15 is 0 Å². The molecule has 0 amide bonds. The van der Waals surface area contributed by atoms with Crippen LogP contribution in [0.25, 0.3) is 83.0 Å². The molecule has 5 nitrogen and oxygen atoms in total. The molecule has 0 radical (unpaired) electrons. The molecule has 0 fully saturated rings. The molecular weight excluding hydrogens is 574 g/mol. The van der Waals surface area contributed by atoms with Crippen molar-refractivity contribution >= 4 is 32.6 Å². The summed E-state index contributed by atoms with van der Waals surface area (Å²) >= 11 is 0. The van der Waals surface area contributed by atoms with Gasteiger partial charge in [0.25, 0.3) is 0 Å². The van der Waals surface area contributed by atoms with Crippen molar-refractivity contribution in [3.8, 4) is 50.5 Å². The Morgan fingerprint density at radius 1 is 0.383 bits per heavy atom. The normalized spacial score (nSPS) is 11.4. The second-order valence-corrected chi connectivity index (χ2v) is 11.7. The van der Waals surface area contributed by atoms with Crippen LogP contribution in [-0.4, -0.2) is 24.5 Å². The Morgan fingerprint density at radius 2 is 0.936 bits per heavy atom. The highest BCUT2D eigenvalue weighted by atomic mass is 15.0. The van der Waals surface area contributed by atoms with Crippen molar-refractivity contribution in [3.63, 3.8) is 0 Å². The van der Waals surface area contributed by atoms with E-state index in [1.165, 1.54) is 21.5 Å². The standard InChI is InChI=1S/C42H27N5/c1-2-6-29-21-36(12-9-28(29)5-1)47-41-13-10-30(32-15-19-45-39(24-32)34-7-3-17-43-26-34)22-37(41)38-23-31(11-14-42(38)47)33-16-20-46-40(25-33)35-8-4-18-44-27-35/h1-27H. The number of hydrogen-bond acceptors (Lipinski definition) is 4. The molecule has 5 heteroatoms. The van der Waals surface area contributed by atoms with Crippen LogP contribution >= 0.6 is 0 Å². The predicted molar refractivity (Wildman–Crippen MR) is 191 cm³/mol. The molecule has 5 heterocycles. The molecule has 0 bridgehead atoms. The number of nitrogens with zero attached hydrogens (tertiary/aromatic N) is 5. The summed E-state index contributed by atoms with van der Waals surface area (Å²) < 4.78 is 2.38. The summed E-state index contributed by atoms with van der Waals surface area (Å²) in [4.78, 5) is 17.9. The molecule has 9 aromatic rings. The lowest BCUT2D eigenvalue weighted by molar-refractivity contribution is 1.19. The topological polar surface area (TPSA) is 56.5 Å². The first-order valence-electron chi connectivity index (χ1n) is 15.6. The van der Waals surface area contributed by atoms with Crippen molar-refractivity contribution in [1.29, 1.82) is 0 Å². The Bertz CT molecular complexity index is 2430. The summed E-state index contributed by atoms with van der Waals surface area (Å²) in [5.41, 5.74) is 11.7. The van der Waals surface area contributed by atoms with Crippen LogP contribution in [0.4, 0.5) is 0 Å². The highest BCUT2D eigenvalue weighted by Gasteiger charge is 2.16. The first kappa shape index (κ1) is 26.9. The van der Waals surface area contributed by atoms with E-state index in [1.807, 2.05) is 49.1 Å². The van der Waals surface area contributed by atoms with E-state index in [0.717, 1.165) is 61.5 Å². The maximum Gasteiger partial charge on any atom is 0.0723 e. The van der Waals surface area contributed by atoms with Gasteiger partial charge in [0.05, 0.1) is 22.4 Å². The van der Waals surface area contributed by atoms with Crippen molar-refractivity contribution in [2.45, 2.75) is 0 Å². The third-order valence-corrected chi connectivity index (χ3v) is 8.86. The molecule has 0 atom stereocenters. The van der Waals surface area contributed by atoms with Gasteiger partial charge in [-0.2, -0.15) is 0 Å². The van der Waals surface area contributed by atoms with Crippen LogP contribution < -0.4 is 0 Å². The quantitative estimate of drug-likeness (QED) is 0.197. The molecule has 47 heavy (non-hydrogen) atoms. The van der Waals surface area contributed by atoms with Crippen molar-refractivity contribution in [2.24, 2.45) is 0 Å². The Hall–Kier alpha value is -6.46. The van der Waals surface area contributed by atoms with Gasteiger partial charge < -0.3 is 4.57 Å². The zero-order valence-electron chi connectivity index (χ0n) is 25.3. The highest BCUT2D eigenvalue weighted by Crippen LogP contribution is 2.38. The Balaban J connectivity index is 1.25. The Kier molecular flexibility index (Phi) is 6.39. The van der Waals surface area contributed by atoms with Gasteiger partial charge in [0.15, 0.2) is 0 Å². The fourth-order valence-electron chi connectivity index (χ4n) is 6.54. The minimum absolute atomic E-state index is 0.902. The van der Waals surface area contributed by atoms with E-state index in [4.69, 9.17) is 0 Å². The maximum atomic E-state index is 4.64. The average molecular weight is 602 g/mol. The van der Waals surface area contributed by atoms with Crippen LogP contribution in [0.3, 0.4) is 0 Å². The van der Waals surface area contributed by atoms with Crippen LogP contribution in [0, 0.1) is 0 Å². The molecule has 5 aromatic heterocycles. The number of pyridine rings is 4. The fourth-order valence-corrected chi connectivity index (χ4v) is 6.54. The van der Waals surface area contributed by atoms with Gasteiger partial charge in [-0.25, -0.2) is 0 Å². The van der Waals surface area contributed by atoms with Gasteiger partial charge >= 0.3 is 0 Å². The second kappa shape index (κ2) is 11.2. The summed E-state index contributed by atoms with van der Waals surface area (Å²) in [5.74, 6) is 0. The summed E-state index contributed by atoms with van der Waals surface area (Å²) in [6.45, 7) is 0. The molecule has 9 rings (SSSR count). The maximum absolute atomic E-state index is 4.64. The first-order chi connectivity index (χ1) is 23.3. The SMILES string of the molecule is c1cncc(-c2cc(-c3ccc4c(c3)c3cc(-c5ccnc(-c6cccnc6)c5)ccc3n4-c3ccc4ccccc4c3)ccn2)c1. The minimum Gasteiger partial charge on any atom is -0.309 e. The molecular formula is C42H27N5. The van der Waals surface area contributed by atoms with Crippen molar-refractivity contribution in [3.05, 3.63) is 165 Å². The lowest BCUT2D eigenvalue weighted by atomic mass is 9.99. The fraction of sp³-hybridized carbons (Fsp3) is 0. The molecule has 0 spiro atoms. The number of benzene rings is 4. The smallest absolute Gasteiger partial charge is 0.0723 e. The molecule has 0 aliphatic rings. The third kappa shape index (κ3) is 4.82. The average Bonchev–Trinajstić information content (AvgIpc) is 3.48. The van der Waals surface area contributed by atoms with E-state index in [0.29, 0.717) is 0 Å². The van der Waals surface area contributed by atoms with E-state index in [9.17, 15) is 0 Å². The van der Waals surface area contributed by atoms with Crippen molar-refractivity contribution in [2.75, 3.05) is 0 Å². The minimum atomic E-state index is 0.902. The van der Waals surface area contributed by atoms with Crippen LogP contribution in [0.1, 0.15) is 0 Å². The number of fused-ring (bicyclic) bond motifs is 4. The van der Waals surface area contributed by atoms with Gasteiger partial charge in [0, 0.05) is 64.8 Å². The number of hydrogen-bond donors (Lipinski definition) is 0. The van der Waals surface area contributed by atoms with Crippen molar-refractivity contribution in [1.82, 2.24) is 24.5 Å². The summed E-state index contributed by atoms with van der Waals surface area (Å²) in [6, 6.07) is 45.2. The monoisotopic (exact) mass is 601 g/mol. The van der Waals surface area contributed by atoms with Gasteiger partial charge in [0.1, 0.15) is 0 Å². The third-order valence-electron chi connectivity index (χ3n) is 8.86. The molecule has 0 aliphatic carbocycles. The highest BCUT2D eigenvalue weighted by molar-refractivity contribution is 6.12. The molecule has 0 aliphatic heterocycles. The number of aromatic nitrogens is 5. The van der Waals surface area contributed by atoms with E-state index < -0.39 is 0 Å². The van der Waals surface area contributed by atoms with Gasteiger partial charge in [-0.15, -0.1) is 0 Å². The van der Waals surface area contributed by atoms with Gasteiger partial charge in [0.2, 0.25) is 0 Å². The second-order valence-electron chi connectivity index (χ2n) is 11.7. The zero-order valence-corrected chi connectivity index (χ0v) is 25.3. The molecule has 0 N–H and O–H groups in total. The predicted octanol–water partition coefficient (Wildman–Crippen LogP) is 10.2. The summed E-state index contributed by atoms with van der Waals surface area (Å²) in [5, 5.41) is 4.82. The van der Waals surface area contributed by atoms with E-state index in [1.54, 1.807) is 12.4 Å². The van der Waals surface area contributed by atoms with Gasteiger partial charge in [-0.3, -0.25) is 19.9 Å². The van der Waals surface area contributed by atoms with Crippen molar-refractivity contribution < 1.29 is 0 Å². The van der Waals surface area contributed by atoms with Crippen LogP contribution in [0.5, 0.6) is 0 Å². The first-order valence-corrected chi connectivity index (χ1v) is 15.6. The van der Waals surface area contributed by atoms with Crippen LogP contribution in [0.2, 0.25) is 0 Å². The zero-order chi connectivity index (χ0) is 31.2. The lowest BCUT2D eigenvalue weighted by Crippen LogP contribution is -1.94. The van der Waals surface area contributed by atoms with E-state index in [-0.39, 0.29) is 0 Å². The molecule has 0 unspecified atom stereocenters. The molecule has 0 saturated carbocycles. The van der Waals surface area contributed by atoms with Crippen LogP contribution in [-0.2, 0) is 0 Å². The Morgan fingerprint density at radius 3 is 1.49 bits per heavy atom. The molecule has 0 saturated heterocycles. The largest absolute Gasteiger partial charge is 0.309 e. The van der Waals surface area contributed by atoms with Gasteiger partial charge in [-0.1, -0.05) is 42.5 Å². The molecule has 4 aromatic carbocycles. The summed E-state index contributed by atoms with van der Waals surface area (Å²) in [6.07, 6.45) is 11.0. The lowest BCUT2D eigenvalue weighted by Gasteiger charge is -2.10. The Labute approximate surface area is 271 Å².